The molecule has 2 atom stereocenters. The summed E-state index contributed by atoms with van der Waals surface area (Å²) in [5, 5.41) is 3.29. The number of nitrogens with one attached hydrogen (secondary N) is 1. The van der Waals surface area contributed by atoms with Gasteiger partial charge in [-0.05, 0) is 31.0 Å². The Bertz CT molecular complexity index is 388. The summed E-state index contributed by atoms with van der Waals surface area (Å²) >= 11 is 0. The number of alkyl halides is 3. The highest BCUT2D eigenvalue weighted by Gasteiger charge is 2.30. The Morgan fingerprint density at radius 1 is 1.22 bits per heavy atom. The van der Waals surface area contributed by atoms with Gasteiger partial charge in [0, 0.05) is 19.2 Å². The fourth-order valence-corrected chi connectivity index (χ4v) is 1.96. The average molecular weight is 259 g/mol. The fourth-order valence-electron chi connectivity index (χ4n) is 1.96. The SMILES string of the molecule is CC1CCOC(c2ccc(C(F)(F)F)cc2)CN1. The maximum absolute atomic E-state index is 12.4. The molecule has 0 aromatic heterocycles. The zero-order valence-electron chi connectivity index (χ0n) is 10.1. The second kappa shape index (κ2) is 5.28. The number of halogens is 3. The molecule has 1 N–H and O–H groups in total. The van der Waals surface area contributed by atoms with Crippen molar-refractivity contribution in [1.82, 2.24) is 5.32 Å². The van der Waals surface area contributed by atoms with Gasteiger partial charge in [0.25, 0.3) is 0 Å². The van der Waals surface area contributed by atoms with E-state index in [2.05, 4.69) is 12.2 Å². The van der Waals surface area contributed by atoms with E-state index in [0.717, 1.165) is 24.1 Å². The van der Waals surface area contributed by atoms with Crippen LogP contribution in [0.15, 0.2) is 24.3 Å². The topological polar surface area (TPSA) is 21.3 Å². The average Bonchev–Trinajstić information content (AvgIpc) is 2.53. The van der Waals surface area contributed by atoms with Gasteiger partial charge in [-0.1, -0.05) is 12.1 Å². The van der Waals surface area contributed by atoms with Crippen LogP contribution in [-0.4, -0.2) is 19.2 Å². The van der Waals surface area contributed by atoms with Crippen molar-refractivity contribution >= 4 is 0 Å². The Labute approximate surface area is 104 Å². The predicted octanol–water partition coefficient (Wildman–Crippen LogP) is 3.14. The molecule has 1 aliphatic rings. The highest BCUT2D eigenvalue weighted by Crippen LogP contribution is 2.30. The van der Waals surface area contributed by atoms with Crippen molar-refractivity contribution in [3.63, 3.8) is 0 Å². The lowest BCUT2D eigenvalue weighted by molar-refractivity contribution is -0.137. The molecule has 1 fully saturated rings. The van der Waals surface area contributed by atoms with Crippen molar-refractivity contribution in [2.24, 2.45) is 0 Å². The quantitative estimate of drug-likeness (QED) is 0.836. The Morgan fingerprint density at radius 2 is 1.89 bits per heavy atom. The summed E-state index contributed by atoms with van der Waals surface area (Å²) in [7, 11) is 0. The molecule has 0 amide bonds. The molecule has 0 aliphatic carbocycles. The summed E-state index contributed by atoms with van der Waals surface area (Å²) in [6.07, 6.45) is -3.54. The number of benzene rings is 1. The molecule has 0 spiro atoms. The smallest absolute Gasteiger partial charge is 0.372 e. The van der Waals surface area contributed by atoms with Gasteiger partial charge in [-0.15, -0.1) is 0 Å². The van der Waals surface area contributed by atoms with Crippen LogP contribution in [0, 0.1) is 0 Å². The zero-order chi connectivity index (χ0) is 13.2. The maximum atomic E-state index is 12.4. The van der Waals surface area contributed by atoms with E-state index in [1.165, 1.54) is 12.1 Å². The standard InChI is InChI=1S/C13H16F3NO/c1-9-6-7-18-12(8-17-9)10-2-4-11(5-3-10)13(14,15)16/h2-5,9,12,17H,6-8H2,1H3. The first-order valence-corrected chi connectivity index (χ1v) is 5.99. The van der Waals surface area contributed by atoms with Crippen molar-refractivity contribution in [3.05, 3.63) is 35.4 Å². The second-order valence-electron chi connectivity index (χ2n) is 4.58. The van der Waals surface area contributed by atoms with Gasteiger partial charge in [-0.3, -0.25) is 0 Å². The van der Waals surface area contributed by atoms with Crippen molar-refractivity contribution in [3.8, 4) is 0 Å². The molecule has 1 aromatic rings. The fraction of sp³-hybridized carbons (Fsp3) is 0.538. The highest BCUT2D eigenvalue weighted by atomic mass is 19.4. The Balaban J connectivity index is 2.09. The van der Waals surface area contributed by atoms with E-state index in [9.17, 15) is 13.2 Å². The molecule has 0 saturated carbocycles. The molecular weight excluding hydrogens is 243 g/mol. The van der Waals surface area contributed by atoms with Crippen LogP contribution < -0.4 is 5.32 Å². The lowest BCUT2D eigenvalue weighted by Gasteiger charge is -2.16. The third-order valence-corrected chi connectivity index (χ3v) is 3.13. The Hall–Kier alpha value is -1.07. The van der Waals surface area contributed by atoms with E-state index < -0.39 is 11.7 Å². The number of rotatable bonds is 1. The molecule has 2 rings (SSSR count). The lowest BCUT2D eigenvalue weighted by Crippen LogP contribution is -2.27. The second-order valence-corrected chi connectivity index (χ2v) is 4.58. The van der Waals surface area contributed by atoms with Gasteiger partial charge in [-0.2, -0.15) is 13.2 Å². The minimum Gasteiger partial charge on any atom is -0.372 e. The third kappa shape index (κ3) is 3.23. The van der Waals surface area contributed by atoms with Gasteiger partial charge in [0.05, 0.1) is 11.7 Å². The Kier molecular flexibility index (Phi) is 3.92. The van der Waals surface area contributed by atoms with Crippen LogP contribution >= 0.6 is 0 Å². The summed E-state index contributed by atoms with van der Waals surface area (Å²) < 4.78 is 42.9. The summed E-state index contributed by atoms with van der Waals surface area (Å²) in [5.74, 6) is 0. The monoisotopic (exact) mass is 259 g/mol. The van der Waals surface area contributed by atoms with Crippen LogP contribution in [-0.2, 0) is 10.9 Å². The van der Waals surface area contributed by atoms with E-state index in [1.54, 1.807) is 0 Å². The van der Waals surface area contributed by atoms with Crippen LogP contribution in [0.1, 0.15) is 30.6 Å². The van der Waals surface area contributed by atoms with Crippen LogP contribution in [0.25, 0.3) is 0 Å². The predicted molar refractivity (Wildman–Crippen MR) is 62.2 cm³/mol. The molecule has 100 valence electrons. The van der Waals surface area contributed by atoms with Gasteiger partial charge in [0.1, 0.15) is 0 Å². The van der Waals surface area contributed by atoms with Gasteiger partial charge in [0.15, 0.2) is 0 Å². The molecule has 5 heteroatoms. The zero-order valence-corrected chi connectivity index (χ0v) is 10.1. The van der Waals surface area contributed by atoms with Crippen molar-refractivity contribution in [1.29, 1.82) is 0 Å². The first kappa shape index (κ1) is 13.4. The summed E-state index contributed by atoms with van der Waals surface area (Å²) in [4.78, 5) is 0. The number of hydrogen-bond acceptors (Lipinski definition) is 2. The van der Waals surface area contributed by atoms with Crippen LogP contribution in [0.5, 0.6) is 0 Å². The maximum Gasteiger partial charge on any atom is 0.416 e. The summed E-state index contributed by atoms with van der Waals surface area (Å²) in [6, 6.07) is 5.57. The van der Waals surface area contributed by atoms with Gasteiger partial charge in [-0.25, -0.2) is 0 Å². The largest absolute Gasteiger partial charge is 0.416 e. The van der Waals surface area contributed by atoms with E-state index in [-0.39, 0.29) is 6.10 Å². The lowest BCUT2D eigenvalue weighted by atomic mass is 10.1. The normalized spacial score (nSPS) is 25.8. The van der Waals surface area contributed by atoms with Crippen LogP contribution in [0.2, 0.25) is 0 Å². The third-order valence-electron chi connectivity index (χ3n) is 3.13. The molecular formula is C13H16F3NO. The van der Waals surface area contributed by atoms with Crippen molar-refractivity contribution in [2.75, 3.05) is 13.2 Å². The Morgan fingerprint density at radius 3 is 2.50 bits per heavy atom. The number of hydrogen-bond donors (Lipinski definition) is 1. The van der Waals surface area contributed by atoms with E-state index in [1.807, 2.05) is 0 Å². The molecule has 1 aromatic carbocycles. The van der Waals surface area contributed by atoms with Crippen molar-refractivity contribution < 1.29 is 17.9 Å². The van der Waals surface area contributed by atoms with Crippen LogP contribution in [0.4, 0.5) is 13.2 Å². The molecule has 2 nitrogen and oxygen atoms in total. The molecule has 2 unspecified atom stereocenters. The van der Waals surface area contributed by atoms with Gasteiger partial charge in [0.2, 0.25) is 0 Å². The summed E-state index contributed by atoms with van der Waals surface area (Å²) in [5.41, 5.74) is 0.158. The molecule has 18 heavy (non-hydrogen) atoms. The minimum atomic E-state index is -4.28. The first-order chi connectivity index (χ1) is 8.47. The highest BCUT2D eigenvalue weighted by molar-refractivity contribution is 5.26. The van der Waals surface area contributed by atoms with Crippen molar-refractivity contribution in [2.45, 2.75) is 31.7 Å². The van der Waals surface area contributed by atoms with Gasteiger partial charge >= 0.3 is 6.18 Å². The minimum absolute atomic E-state index is 0.169. The van der Waals surface area contributed by atoms with Gasteiger partial charge < -0.3 is 10.1 Å². The number of ether oxygens (including phenoxy) is 1. The van der Waals surface area contributed by atoms with Crippen LogP contribution in [0.3, 0.4) is 0 Å². The molecule has 0 bridgehead atoms. The molecule has 1 aliphatic heterocycles. The first-order valence-electron chi connectivity index (χ1n) is 5.99. The van der Waals surface area contributed by atoms with E-state index >= 15 is 0 Å². The van der Waals surface area contributed by atoms with E-state index in [4.69, 9.17) is 4.74 Å². The van der Waals surface area contributed by atoms with E-state index in [0.29, 0.717) is 19.2 Å². The summed E-state index contributed by atoms with van der Waals surface area (Å²) in [6.45, 7) is 3.32. The molecule has 0 radical (unpaired) electrons. The molecule has 1 heterocycles. The molecule has 1 saturated heterocycles.